The highest BCUT2D eigenvalue weighted by Crippen LogP contribution is 2.18. The predicted molar refractivity (Wildman–Crippen MR) is 86.5 cm³/mol. The van der Waals surface area contributed by atoms with Crippen LogP contribution in [0.3, 0.4) is 0 Å². The van der Waals surface area contributed by atoms with Crippen LogP contribution in [-0.2, 0) is 14.8 Å². The molecule has 3 N–H and O–H groups in total. The second-order valence-corrected chi connectivity index (χ2v) is 7.65. The molecule has 0 unspecified atom stereocenters. The Morgan fingerprint density at radius 2 is 2.08 bits per heavy atom. The molecule has 1 heterocycles. The standard InChI is InChI=1S/C15H22FN3O4S/c1-9(2)19-7-13(14(8-19)23-3)18-15(20)11-6-10(24(17,21)22)4-5-12(11)16/h4-6,9,13-14H,7-8H2,1-3H3,(H,18,20)(H2,17,21,22)/t13-,14-/m1/s1. The summed E-state index contributed by atoms with van der Waals surface area (Å²) in [6.45, 7) is 5.29. The molecule has 0 aromatic heterocycles. The van der Waals surface area contributed by atoms with Crippen LogP contribution < -0.4 is 10.5 Å². The SMILES string of the molecule is CO[C@@H]1CN(C(C)C)C[C@H]1NC(=O)c1cc(S(N)(=O)=O)ccc1F. The van der Waals surface area contributed by atoms with Gasteiger partial charge in [0.15, 0.2) is 0 Å². The van der Waals surface area contributed by atoms with Crippen molar-refractivity contribution in [3.8, 4) is 0 Å². The minimum atomic E-state index is -4.02. The number of sulfonamides is 1. The number of amides is 1. The van der Waals surface area contributed by atoms with E-state index in [1.807, 2.05) is 13.8 Å². The molecular weight excluding hydrogens is 337 g/mol. The molecule has 0 radical (unpaired) electrons. The lowest BCUT2D eigenvalue weighted by Crippen LogP contribution is -2.44. The van der Waals surface area contributed by atoms with Crippen molar-refractivity contribution in [2.24, 2.45) is 5.14 Å². The molecule has 0 bridgehead atoms. The van der Waals surface area contributed by atoms with E-state index in [0.29, 0.717) is 13.1 Å². The smallest absolute Gasteiger partial charge is 0.254 e. The average molecular weight is 359 g/mol. The van der Waals surface area contributed by atoms with Crippen molar-refractivity contribution in [1.82, 2.24) is 10.2 Å². The van der Waals surface area contributed by atoms with Crippen LogP contribution in [0.15, 0.2) is 23.1 Å². The van der Waals surface area contributed by atoms with Crippen molar-refractivity contribution < 1.29 is 22.3 Å². The number of benzene rings is 1. The number of hydrogen-bond acceptors (Lipinski definition) is 5. The molecule has 1 aromatic rings. The first-order valence-electron chi connectivity index (χ1n) is 7.53. The molecule has 1 aliphatic heterocycles. The van der Waals surface area contributed by atoms with E-state index in [4.69, 9.17) is 9.88 Å². The maximum absolute atomic E-state index is 13.9. The minimum absolute atomic E-state index is 0.221. The summed E-state index contributed by atoms with van der Waals surface area (Å²) in [7, 11) is -2.47. The topological polar surface area (TPSA) is 102 Å². The highest BCUT2D eigenvalue weighted by molar-refractivity contribution is 7.89. The summed E-state index contributed by atoms with van der Waals surface area (Å²) in [6.07, 6.45) is -0.221. The third-order valence-corrected chi connectivity index (χ3v) is 5.07. The summed E-state index contributed by atoms with van der Waals surface area (Å²) in [5.41, 5.74) is -0.362. The van der Waals surface area contributed by atoms with Gasteiger partial charge >= 0.3 is 0 Å². The fraction of sp³-hybridized carbons (Fsp3) is 0.533. The first kappa shape index (κ1) is 18.8. The fourth-order valence-electron chi connectivity index (χ4n) is 2.70. The van der Waals surface area contributed by atoms with E-state index in [0.717, 1.165) is 18.2 Å². The van der Waals surface area contributed by atoms with Crippen molar-refractivity contribution in [2.45, 2.75) is 36.9 Å². The van der Waals surface area contributed by atoms with Gasteiger partial charge in [-0.3, -0.25) is 9.69 Å². The van der Waals surface area contributed by atoms with E-state index in [1.165, 1.54) is 0 Å². The molecule has 9 heteroatoms. The Balaban J connectivity index is 2.21. The van der Waals surface area contributed by atoms with Gasteiger partial charge in [0.25, 0.3) is 5.91 Å². The van der Waals surface area contributed by atoms with Crippen LogP contribution in [0.25, 0.3) is 0 Å². The number of nitrogens with one attached hydrogen (secondary N) is 1. The Labute approximate surface area is 141 Å². The molecule has 1 saturated heterocycles. The number of rotatable bonds is 5. The monoisotopic (exact) mass is 359 g/mol. The van der Waals surface area contributed by atoms with Gasteiger partial charge in [0.05, 0.1) is 22.6 Å². The van der Waals surface area contributed by atoms with Crippen molar-refractivity contribution in [1.29, 1.82) is 0 Å². The van der Waals surface area contributed by atoms with Crippen molar-refractivity contribution >= 4 is 15.9 Å². The Hall–Kier alpha value is -1.55. The summed E-state index contributed by atoms with van der Waals surface area (Å²) in [6, 6.07) is 2.85. The Morgan fingerprint density at radius 3 is 2.62 bits per heavy atom. The molecule has 7 nitrogen and oxygen atoms in total. The van der Waals surface area contributed by atoms with Gasteiger partial charge in [-0.25, -0.2) is 17.9 Å². The van der Waals surface area contributed by atoms with Crippen LogP contribution in [0.2, 0.25) is 0 Å². The molecule has 2 atom stereocenters. The number of carbonyl (C=O) groups excluding carboxylic acids is 1. The fourth-order valence-corrected chi connectivity index (χ4v) is 3.24. The van der Waals surface area contributed by atoms with E-state index in [2.05, 4.69) is 10.2 Å². The van der Waals surface area contributed by atoms with E-state index >= 15 is 0 Å². The number of likely N-dealkylation sites (tertiary alicyclic amines) is 1. The Kier molecular flexibility index (Phi) is 5.59. The lowest BCUT2D eigenvalue weighted by Gasteiger charge is -2.20. The molecule has 2 rings (SSSR count). The van der Waals surface area contributed by atoms with E-state index < -0.39 is 21.7 Å². The summed E-state index contributed by atoms with van der Waals surface area (Å²) >= 11 is 0. The van der Waals surface area contributed by atoms with Crippen molar-refractivity contribution in [3.05, 3.63) is 29.6 Å². The first-order valence-corrected chi connectivity index (χ1v) is 9.08. The molecule has 24 heavy (non-hydrogen) atoms. The minimum Gasteiger partial charge on any atom is -0.378 e. The second-order valence-electron chi connectivity index (χ2n) is 6.09. The number of methoxy groups -OCH3 is 1. The zero-order valence-electron chi connectivity index (χ0n) is 13.8. The molecule has 1 amide bonds. The maximum Gasteiger partial charge on any atom is 0.254 e. The molecule has 1 aromatic carbocycles. The molecule has 0 spiro atoms. The van der Waals surface area contributed by atoms with Crippen molar-refractivity contribution in [3.63, 3.8) is 0 Å². The maximum atomic E-state index is 13.9. The van der Waals surface area contributed by atoms with Gasteiger partial charge in [0.1, 0.15) is 5.82 Å². The van der Waals surface area contributed by atoms with Gasteiger partial charge in [-0.15, -0.1) is 0 Å². The summed E-state index contributed by atoms with van der Waals surface area (Å²) in [5.74, 6) is -1.51. The third-order valence-electron chi connectivity index (χ3n) is 4.15. The van der Waals surface area contributed by atoms with E-state index in [1.54, 1.807) is 7.11 Å². The average Bonchev–Trinajstić information content (AvgIpc) is 2.89. The number of ether oxygens (including phenoxy) is 1. The number of halogens is 1. The molecule has 0 saturated carbocycles. The van der Waals surface area contributed by atoms with Gasteiger partial charge in [-0.05, 0) is 32.0 Å². The Morgan fingerprint density at radius 1 is 1.42 bits per heavy atom. The van der Waals surface area contributed by atoms with Crippen LogP contribution in [0.5, 0.6) is 0 Å². The molecule has 0 aliphatic carbocycles. The van der Waals surface area contributed by atoms with Gasteiger partial charge in [-0.2, -0.15) is 0 Å². The summed E-state index contributed by atoms with van der Waals surface area (Å²) in [4.78, 5) is 14.2. The zero-order chi connectivity index (χ0) is 18.1. The number of nitrogens with zero attached hydrogens (tertiary/aromatic N) is 1. The highest BCUT2D eigenvalue weighted by Gasteiger charge is 2.35. The van der Waals surface area contributed by atoms with Gasteiger partial charge in [0.2, 0.25) is 10.0 Å². The van der Waals surface area contributed by atoms with Crippen molar-refractivity contribution in [2.75, 3.05) is 20.2 Å². The molecular formula is C15H22FN3O4S. The zero-order valence-corrected chi connectivity index (χ0v) is 14.6. The molecule has 1 aliphatic rings. The van der Waals surface area contributed by atoms with E-state index in [9.17, 15) is 17.6 Å². The van der Waals surface area contributed by atoms with Gasteiger partial charge < -0.3 is 10.1 Å². The normalized spacial score (nSPS) is 22.1. The van der Waals surface area contributed by atoms with Crippen LogP contribution in [0, 0.1) is 5.82 Å². The number of nitrogens with two attached hydrogens (primary N) is 1. The largest absolute Gasteiger partial charge is 0.378 e. The lowest BCUT2D eigenvalue weighted by molar-refractivity contribution is 0.0750. The number of primary sulfonamides is 1. The summed E-state index contributed by atoms with van der Waals surface area (Å²) in [5, 5.41) is 7.75. The predicted octanol–water partition coefficient (Wildman–Crippen LogP) is 0.311. The summed E-state index contributed by atoms with van der Waals surface area (Å²) < 4.78 is 42.1. The quantitative estimate of drug-likeness (QED) is 0.788. The first-order chi connectivity index (χ1) is 11.1. The lowest BCUT2D eigenvalue weighted by atomic mass is 10.1. The van der Waals surface area contributed by atoms with Crippen LogP contribution in [0.1, 0.15) is 24.2 Å². The van der Waals surface area contributed by atoms with Crippen LogP contribution in [-0.4, -0.2) is 57.6 Å². The van der Waals surface area contributed by atoms with Crippen LogP contribution in [0.4, 0.5) is 4.39 Å². The third kappa shape index (κ3) is 4.10. The number of carbonyl (C=O) groups is 1. The van der Waals surface area contributed by atoms with E-state index in [-0.39, 0.29) is 28.6 Å². The van der Waals surface area contributed by atoms with Crippen LogP contribution >= 0.6 is 0 Å². The number of hydrogen-bond donors (Lipinski definition) is 2. The van der Waals surface area contributed by atoms with Gasteiger partial charge in [0, 0.05) is 26.2 Å². The molecule has 134 valence electrons. The molecule has 1 fully saturated rings. The Bertz CT molecular complexity index is 723. The van der Waals surface area contributed by atoms with Gasteiger partial charge in [-0.1, -0.05) is 0 Å². The highest BCUT2D eigenvalue weighted by atomic mass is 32.2. The second kappa shape index (κ2) is 7.14.